The lowest BCUT2D eigenvalue weighted by atomic mass is 11.1. The zero-order valence-electron chi connectivity index (χ0n) is 4.81. The Morgan fingerprint density at radius 3 is 2.30 bits per heavy atom. The summed E-state index contributed by atoms with van der Waals surface area (Å²) in [4.78, 5) is 28.9. The Morgan fingerprint density at radius 1 is 1.30 bits per heavy atom. The van der Waals surface area contributed by atoms with Crippen molar-refractivity contribution in [3.8, 4) is 0 Å². The van der Waals surface area contributed by atoms with E-state index in [1.165, 1.54) is 12.4 Å². The average Bonchev–Trinajstić information content (AvgIpc) is 2.63. The van der Waals surface area contributed by atoms with E-state index in [2.05, 4.69) is 15.5 Å². The lowest BCUT2D eigenvalue weighted by Gasteiger charge is -1.98. The molecule has 0 aromatic heterocycles. The van der Waals surface area contributed by atoms with Gasteiger partial charge in [-0.25, -0.2) is 19.4 Å². The number of carbonyl (C=O) groups excluding carboxylic acids is 2. The first kappa shape index (κ1) is 6.40. The smallest absolute Gasteiger partial charge is 0.332 e. The van der Waals surface area contributed by atoms with E-state index in [1.54, 1.807) is 0 Å². The van der Waals surface area contributed by atoms with E-state index in [-0.39, 0.29) is 0 Å². The Hall–Kier alpha value is -1.72. The molecule has 0 atom stereocenters. The fourth-order valence-corrected chi connectivity index (χ4v) is 0.275. The molecule has 6 nitrogen and oxygen atoms in total. The van der Waals surface area contributed by atoms with Gasteiger partial charge < -0.3 is 5.73 Å². The van der Waals surface area contributed by atoms with Crippen LogP contribution in [0.25, 0.3) is 0 Å². The van der Waals surface area contributed by atoms with Crippen LogP contribution in [0.1, 0.15) is 0 Å². The van der Waals surface area contributed by atoms with Crippen LogP contribution < -0.4 is 5.73 Å². The van der Waals surface area contributed by atoms with Crippen molar-refractivity contribution in [3.05, 3.63) is 12.4 Å². The Morgan fingerprint density at radius 2 is 1.90 bits per heavy atom. The summed E-state index contributed by atoms with van der Waals surface area (Å²) in [6.45, 7) is 0. The lowest BCUT2D eigenvalue weighted by molar-refractivity contribution is -0.179. The third-order valence-corrected chi connectivity index (χ3v) is 0.704. The van der Waals surface area contributed by atoms with Crippen LogP contribution in [0.4, 0.5) is 9.59 Å². The number of primary amides is 1. The second-order valence-electron chi connectivity index (χ2n) is 1.46. The van der Waals surface area contributed by atoms with Gasteiger partial charge in [-0.05, 0) is 0 Å². The number of hydrogen-bond acceptors (Lipinski definition) is 4. The van der Waals surface area contributed by atoms with Crippen molar-refractivity contribution in [1.29, 1.82) is 0 Å². The van der Waals surface area contributed by atoms with Crippen LogP contribution in [0, 0.1) is 0 Å². The molecule has 6 heteroatoms. The van der Waals surface area contributed by atoms with Gasteiger partial charge in [0.1, 0.15) is 0 Å². The SMILES string of the molecule is NC(=O)OOC(=O)N1C=C1. The van der Waals surface area contributed by atoms with E-state index >= 15 is 0 Å². The minimum atomic E-state index is -1.16. The third-order valence-electron chi connectivity index (χ3n) is 0.704. The summed E-state index contributed by atoms with van der Waals surface area (Å²) >= 11 is 0. The van der Waals surface area contributed by atoms with Gasteiger partial charge in [-0.15, -0.1) is 0 Å². The standard InChI is InChI=1S/C4H4N2O4/c5-3(7)9-10-4(8)6-1-2-6/h1-2H,(H2,5,7). The van der Waals surface area contributed by atoms with E-state index in [1.807, 2.05) is 0 Å². The van der Waals surface area contributed by atoms with E-state index in [9.17, 15) is 9.59 Å². The highest BCUT2D eigenvalue weighted by Crippen LogP contribution is 2.07. The molecule has 0 radical (unpaired) electrons. The monoisotopic (exact) mass is 144 g/mol. The molecule has 0 unspecified atom stereocenters. The molecule has 1 aliphatic rings. The minimum Gasteiger partial charge on any atom is -0.332 e. The Labute approximate surface area is 55.7 Å². The van der Waals surface area contributed by atoms with E-state index in [0.717, 1.165) is 4.90 Å². The van der Waals surface area contributed by atoms with Crippen molar-refractivity contribution in [1.82, 2.24) is 4.90 Å². The van der Waals surface area contributed by atoms with Gasteiger partial charge in [0.15, 0.2) is 0 Å². The summed E-state index contributed by atoms with van der Waals surface area (Å²) in [6, 6.07) is 0. The summed E-state index contributed by atoms with van der Waals surface area (Å²) in [7, 11) is 0. The van der Waals surface area contributed by atoms with Crippen molar-refractivity contribution in [3.63, 3.8) is 0 Å². The molecular weight excluding hydrogens is 140 g/mol. The Balaban J connectivity index is 2.12. The summed E-state index contributed by atoms with van der Waals surface area (Å²) in [6.07, 6.45) is 0.924. The van der Waals surface area contributed by atoms with Gasteiger partial charge in [-0.3, -0.25) is 4.90 Å². The topological polar surface area (TPSA) is 81.6 Å². The van der Waals surface area contributed by atoms with E-state index in [4.69, 9.17) is 0 Å². The van der Waals surface area contributed by atoms with Crippen molar-refractivity contribution in [2.24, 2.45) is 5.73 Å². The van der Waals surface area contributed by atoms with Crippen LogP contribution in [-0.2, 0) is 9.78 Å². The van der Waals surface area contributed by atoms with E-state index in [0.29, 0.717) is 0 Å². The van der Waals surface area contributed by atoms with Gasteiger partial charge in [-0.2, -0.15) is 0 Å². The number of hydrogen-bond donors (Lipinski definition) is 1. The minimum absolute atomic E-state index is 0.793. The largest absolute Gasteiger partial charge is 0.461 e. The average molecular weight is 144 g/mol. The van der Waals surface area contributed by atoms with Gasteiger partial charge in [0.05, 0.1) is 0 Å². The highest BCUT2D eigenvalue weighted by molar-refractivity contribution is 5.74. The number of carbonyl (C=O) groups is 2. The Kier molecular flexibility index (Phi) is 1.44. The molecule has 1 heterocycles. The molecule has 0 fully saturated rings. The van der Waals surface area contributed by atoms with Gasteiger partial charge in [-0.1, -0.05) is 0 Å². The first-order valence-corrected chi connectivity index (χ1v) is 2.35. The summed E-state index contributed by atoms with van der Waals surface area (Å²) < 4.78 is 0. The predicted molar refractivity (Wildman–Crippen MR) is 28.1 cm³/mol. The van der Waals surface area contributed by atoms with Crippen LogP contribution in [0.2, 0.25) is 0 Å². The molecule has 1 rings (SSSR count). The molecule has 2 amide bonds. The summed E-state index contributed by atoms with van der Waals surface area (Å²) in [5.41, 5.74) is 4.48. The third kappa shape index (κ3) is 1.66. The highest BCUT2D eigenvalue weighted by atomic mass is 17.2. The maximum Gasteiger partial charge on any atom is 0.461 e. The highest BCUT2D eigenvalue weighted by Gasteiger charge is 2.19. The summed E-state index contributed by atoms with van der Waals surface area (Å²) in [5.74, 6) is 0. The molecule has 0 aromatic rings. The van der Waals surface area contributed by atoms with Crippen molar-refractivity contribution in [2.75, 3.05) is 0 Å². The first-order chi connectivity index (χ1) is 4.70. The number of nitrogens with zero attached hydrogens (tertiary/aromatic N) is 1. The molecule has 0 bridgehead atoms. The summed E-state index contributed by atoms with van der Waals surface area (Å²) in [5, 5.41) is 0. The van der Waals surface area contributed by atoms with Gasteiger partial charge in [0.25, 0.3) is 0 Å². The first-order valence-electron chi connectivity index (χ1n) is 2.35. The van der Waals surface area contributed by atoms with Crippen molar-refractivity contribution in [2.45, 2.75) is 0 Å². The predicted octanol–water partition coefficient (Wildman–Crippen LogP) is -0.0799. The maximum absolute atomic E-state index is 10.4. The Bertz CT molecular complexity index is 193. The zero-order chi connectivity index (χ0) is 7.56. The number of nitrogens with two attached hydrogens (primary N) is 1. The van der Waals surface area contributed by atoms with Crippen LogP contribution >= 0.6 is 0 Å². The fraction of sp³-hybridized carbons (Fsp3) is 0. The molecule has 0 spiro atoms. The molecule has 10 heavy (non-hydrogen) atoms. The molecule has 0 saturated carbocycles. The molecule has 0 saturated heterocycles. The normalized spacial score (nSPS) is 12.6. The number of rotatable bonds is 0. The van der Waals surface area contributed by atoms with Gasteiger partial charge >= 0.3 is 12.2 Å². The van der Waals surface area contributed by atoms with Crippen molar-refractivity contribution >= 4 is 12.2 Å². The van der Waals surface area contributed by atoms with Crippen LogP contribution in [0.15, 0.2) is 12.4 Å². The molecule has 0 aromatic carbocycles. The maximum atomic E-state index is 10.4. The van der Waals surface area contributed by atoms with Crippen LogP contribution in [0.3, 0.4) is 0 Å². The van der Waals surface area contributed by atoms with Crippen LogP contribution in [0.5, 0.6) is 0 Å². The second-order valence-corrected chi connectivity index (χ2v) is 1.46. The second kappa shape index (κ2) is 2.26. The van der Waals surface area contributed by atoms with Crippen LogP contribution in [-0.4, -0.2) is 17.1 Å². The fourth-order valence-electron chi connectivity index (χ4n) is 0.275. The van der Waals surface area contributed by atoms with Gasteiger partial charge in [0.2, 0.25) is 0 Å². The molecule has 0 aliphatic carbocycles. The number of amides is 2. The zero-order valence-corrected chi connectivity index (χ0v) is 4.81. The molecule has 2 N–H and O–H groups in total. The quantitative estimate of drug-likeness (QED) is 0.380. The molecule has 54 valence electrons. The van der Waals surface area contributed by atoms with E-state index < -0.39 is 12.2 Å². The lowest BCUT2D eigenvalue weighted by Crippen LogP contribution is -2.19. The molecule has 1 aliphatic heterocycles. The van der Waals surface area contributed by atoms with Crippen molar-refractivity contribution < 1.29 is 19.4 Å². The molecular formula is C4H4N2O4. The van der Waals surface area contributed by atoms with Gasteiger partial charge in [0, 0.05) is 12.4 Å².